The van der Waals surface area contributed by atoms with Crippen molar-refractivity contribution in [2.45, 2.75) is 6.18 Å². The van der Waals surface area contributed by atoms with Crippen LogP contribution in [0.1, 0.15) is 11.3 Å². The summed E-state index contributed by atoms with van der Waals surface area (Å²) in [5.41, 5.74) is -0.775. The largest absolute Gasteiger partial charge is 0.480 e. The Balaban J connectivity index is 2.39. The van der Waals surface area contributed by atoms with Gasteiger partial charge in [0.05, 0.1) is 11.3 Å². The lowest BCUT2D eigenvalue weighted by molar-refractivity contribution is -0.141. The topological polar surface area (TPSA) is 111 Å². The molecule has 0 saturated carbocycles. The summed E-state index contributed by atoms with van der Waals surface area (Å²) in [5.74, 6) is -2.00. The number of nitrogens with zero attached hydrogens (tertiary/aromatic N) is 3. The van der Waals surface area contributed by atoms with Crippen LogP contribution < -0.4 is 10.6 Å². The van der Waals surface area contributed by atoms with Crippen molar-refractivity contribution in [1.29, 1.82) is 5.26 Å². The average molecular weight is 337 g/mol. The van der Waals surface area contributed by atoms with Gasteiger partial charge in [0.1, 0.15) is 18.4 Å². The second-order valence-corrected chi connectivity index (χ2v) is 4.49. The molecule has 0 unspecified atom stereocenters. The molecule has 1 heterocycles. The molecule has 0 bridgehead atoms. The Labute approximate surface area is 133 Å². The van der Waals surface area contributed by atoms with Crippen molar-refractivity contribution in [3.63, 3.8) is 0 Å². The fourth-order valence-electron chi connectivity index (χ4n) is 1.72. The number of carboxylic acid groups (broad SMARTS) is 1. The number of halogens is 3. The molecule has 3 N–H and O–H groups in total. The highest BCUT2D eigenvalue weighted by Gasteiger charge is 2.33. The van der Waals surface area contributed by atoms with Gasteiger partial charge in [-0.3, -0.25) is 4.79 Å². The number of nitriles is 1. The van der Waals surface area contributed by atoms with Gasteiger partial charge in [0.15, 0.2) is 5.69 Å². The molecule has 0 fully saturated rings. The van der Waals surface area contributed by atoms with E-state index in [0.717, 1.165) is 0 Å². The molecule has 24 heavy (non-hydrogen) atoms. The van der Waals surface area contributed by atoms with E-state index >= 15 is 0 Å². The van der Waals surface area contributed by atoms with E-state index in [1.165, 1.54) is 12.1 Å². The number of hydrogen-bond acceptors (Lipinski definition) is 6. The van der Waals surface area contributed by atoms with E-state index in [2.05, 4.69) is 20.6 Å². The third-order valence-electron chi connectivity index (χ3n) is 2.72. The normalized spacial score (nSPS) is 10.8. The summed E-state index contributed by atoms with van der Waals surface area (Å²) >= 11 is 0. The van der Waals surface area contributed by atoms with Gasteiger partial charge in [-0.15, -0.1) is 0 Å². The van der Waals surface area contributed by atoms with Crippen LogP contribution in [0.3, 0.4) is 0 Å². The first kappa shape index (κ1) is 17.0. The average Bonchev–Trinajstić information content (AvgIpc) is 2.52. The van der Waals surface area contributed by atoms with Crippen molar-refractivity contribution >= 4 is 23.4 Å². The van der Waals surface area contributed by atoms with Crippen LogP contribution in [0.25, 0.3) is 0 Å². The number of aliphatic carboxylic acids is 1. The molecule has 2 aromatic rings. The lowest BCUT2D eigenvalue weighted by Gasteiger charge is -2.12. The maximum absolute atomic E-state index is 12.9. The molecule has 0 amide bonds. The van der Waals surface area contributed by atoms with Crippen molar-refractivity contribution in [3.05, 3.63) is 41.6 Å². The van der Waals surface area contributed by atoms with Crippen molar-refractivity contribution in [3.8, 4) is 6.07 Å². The van der Waals surface area contributed by atoms with Crippen LogP contribution in [0.15, 0.2) is 30.3 Å². The van der Waals surface area contributed by atoms with E-state index in [9.17, 15) is 18.0 Å². The molecular formula is C14H10F3N5O2. The SMILES string of the molecule is N#Cc1ccccc1Nc1cc(C(F)(F)F)nc(NCC(=O)O)n1. The minimum absolute atomic E-state index is 0.213. The maximum Gasteiger partial charge on any atom is 0.433 e. The fraction of sp³-hybridized carbons (Fsp3) is 0.143. The zero-order valence-electron chi connectivity index (χ0n) is 11.9. The number of carbonyl (C=O) groups is 1. The second-order valence-electron chi connectivity index (χ2n) is 4.49. The first-order valence-corrected chi connectivity index (χ1v) is 6.47. The van der Waals surface area contributed by atoms with Gasteiger partial charge in [-0.2, -0.15) is 23.4 Å². The summed E-state index contributed by atoms with van der Waals surface area (Å²) in [6, 6.07) is 8.74. The molecule has 10 heteroatoms. The first-order valence-electron chi connectivity index (χ1n) is 6.47. The molecular weight excluding hydrogens is 327 g/mol. The number of aromatic nitrogens is 2. The van der Waals surface area contributed by atoms with Crippen LogP contribution in [0.4, 0.5) is 30.6 Å². The number of anilines is 3. The van der Waals surface area contributed by atoms with E-state index in [4.69, 9.17) is 10.4 Å². The van der Waals surface area contributed by atoms with Crippen LogP contribution >= 0.6 is 0 Å². The van der Waals surface area contributed by atoms with Gasteiger partial charge >= 0.3 is 12.1 Å². The Bertz CT molecular complexity index is 802. The van der Waals surface area contributed by atoms with Crippen LogP contribution in [-0.4, -0.2) is 27.6 Å². The molecule has 0 spiro atoms. The lowest BCUT2D eigenvalue weighted by atomic mass is 10.2. The Morgan fingerprint density at radius 1 is 1.29 bits per heavy atom. The summed E-state index contributed by atoms with van der Waals surface area (Å²) in [5, 5.41) is 22.4. The van der Waals surface area contributed by atoms with Crippen molar-refractivity contribution in [1.82, 2.24) is 9.97 Å². The van der Waals surface area contributed by atoms with Crippen LogP contribution in [0, 0.1) is 11.3 Å². The summed E-state index contributed by atoms with van der Waals surface area (Å²) in [7, 11) is 0. The molecule has 1 aromatic carbocycles. The number of rotatable bonds is 5. The minimum Gasteiger partial charge on any atom is -0.480 e. The Morgan fingerprint density at radius 2 is 2.00 bits per heavy atom. The molecule has 124 valence electrons. The second kappa shape index (κ2) is 6.82. The maximum atomic E-state index is 12.9. The zero-order valence-corrected chi connectivity index (χ0v) is 11.9. The third-order valence-corrected chi connectivity index (χ3v) is 2.72. The molecule has 0 aliphatic carbocycles. The van der Waals surface area contributed by atoms with Gasteiger partial charge in [-0.1, -0.05) is 12.1 Å². The van der Waals surface area contributed by atoms with Crippen LogP contribution in [0.5, 0.6) is 0 Å². The smallest absolute Gasteiger partial charge is 0.433 e. The van der Waals surface area contributed by atoms with E-state index in [1.807, 2.05) is 6.07 Å². The monoisotopic (exact) mass is 337 g/mol. The van der Waals surface area contributed by atoms with Gasteiger partial charge in [0, 0.05) is 6.07 Å². The quantitative estimate of drug-likeness (QED) is 0.769. The summed E-state index contributed by atoms with van der Waals surface area (Å²) in [6.07, 6.45) is -4.74. The standard InChI is InChI=1S/C14H10F3N5O2/c15-14(16,17)10-5-11(22-13(21-10)19-7-12(23)24)20-9-4-2-1-3-8(9)6-18/h1-5H,7H2,(H,23,24)(H2,19,20,21,22). The third kappa shape index (κ3) is 4.33. The van der Waals surface area contributed by atoms with Crippen LogP contribution in [-0.2, 0) is 11.0 Å². The highest BCUT2D eigenvalue weighted by atomic mass is 19.4. The molecule has 0 atom stereocenters. The van der Waals surface area contributed by atoms with Crippen molar-refractivity contribution in [2.75, 3.05) is 17.2 Å². The summed E-state index contributed by atoms with van der Waals surface area (Å²) in [4.78, 5) is 17.6. The molecule has 7 nitrogen and oxygen atoms in total. The fourth-order valence-corrected chi connectivity index (χ4v) is 1.72. The number of para-hydroxylation sites is 1. The Kier molecular flexibility index (Phi) is 4.84. The number of nitrogens with one attached hydrogen (secondary N) is 2. The van der Waals surface area contributed by atoms with Gasteiger partial charge in [0.2, 0.25) is 5.95 Å². The summed E-state index contributed by atoms with van der Waals surface area (Å²) < 4.78 is 38.7. The minimum atomic E-state index is -4.74. The molecule has 0 saturated heterocycles. The highest BCUT2D eigenvalue weighted by molar-refractivity contribution is 5.72. The first-order chi connectivity index (χ1) is 11.3. The van der Waals surface area contributed by atoms with E-state index in [-0.39, 0.29) is 17.1 Å². The van der Waals surface area contributed by atoms with Gasteiger partial charge in [-0.25, -0.2) is 4.98 Å². The zero-order chi connectivity index (χ0) is 17.7. The molecule has 0 radical (unpaired) electrons. The predicted octanol–water partition coefficient (Wildman–Crippen LogP) is 2.61. The van der Waals surface area contributed by atoms with Crippen LogP contribution in [0.2, 0.25) is 0 Å². The Morgan fingerprint density at radius 3 is 2.62 bits per heavy atom. The predicted molar refractivity (Wildman–Crippen MR) is 77.6 cm³/mol. The van der Waals surface area contributed by atoms with Crippen molar-refractivity contribution < 1.29 is 23.1 Å². The molecule has 1 aromatic heterocycles. The number of benzene rings is 1. The van der Waals surface area contributed by atoms with Crippen molar-refractivity contribution in [2.24, 2.45) is 0 Å². The van der Waals surface area contributed by atoms with E-state index < -0.39 is 30.3 Å². The molecule has 2 rings (SSSR count). The number of carboxylic acids is 1. The van der Waals surface area contributed by atoms with E-state index in [0.29, 0.717) is 6.07 Å². The number of alkyl halides is 3. The Hall–Kier alpha value is -3.35. The summed E-state index contributed by atoms with van der Waals surface area (Å²) in [6.45, 7) is -0.643. The van der Waals surface area contributed by atoms with E-state index in [1.54, 1.807) is 12.1 Å². The number of hydrogen-bond donors (Lipinski definition) is 3. The van der Waals surface area contributed by atoms with Gasteiger partial charge in [0.25, 0.3) is 0 Å². The highest BCUT2D eigenvalue weighted by Crippen LogP contribution is 2.30. The molecule has 0 aliphatic heterocycles. The lowest BCUT2D eigenvalue weighted by Crippen LogP contribution is -2.17. The van der Waals surface area contributed by atoms with Gasteiger partial charge < -0.3 is 15.7 Å². The molecule has 0 aliphatic rings. The van der Waals surface area contributed by atoms with Gasteiger partial charge in [-0.05, 0) is 12.1 Å².